The van der Waals surface area contributed by atoms with Gasteiger partial charge in [0.1, 0.15) is 0 Å². The maximum Gasteiger partial charge on any atom is 0.307 e. The zero-order valence-corrected chi connectivity index (χ0v) is 9.45. The summed E-state index contributed by atoms with van der Waals surface area (Å²) < 4.78 is 4.61. The van der Waals surface area contributed by atoms with E-state index < -0.39 is 0 Å². The molecule has 1 amide bonds. The molecule has 5 nitrogen and oxygen atoms in total. The van der Waals surface area contributed by atoms with Crippen LogP contribution in [0.15, 0.2) is 0 Å². The van der Waals surface area contributed by atoms with E-state index in [1.54, 1.807) is 0 Å². The average molecular weight is 214 g/mol. The summed E-state index contributed by atoms with van der Waals surface area (Å²) in [6.07, 6.45) is 0.328. The molecule has 15 heavy (non-hydrogen) atoms. The molecule has 1 aliphatic heterocycles. The summed E-state index contributed by atoms with van der Waals surface area (Å²) in [6, 6.07) is -0.128. The van der Waals surface area contributed by atoms with Gasteiger partial charge in [-0.05, 0) is 13.8 Å². The fourth-order valence-electron chi connectivity index (χ4n) is 1.84. The highest BCUT2D eigenvalue weighted by Crippen LogP contribution is 2.12. The summed E-state index contributed by atoms with van der Waals surface area (Å²) in [7, 11) is 1.38. The van der Waals surface area contributed by atoms with Crippen LogP contribution in [0.3, 0.4) is 0 Å². The fourth-order valence-corrected chi connectivity index (χ4v) is 1.84. The molecule has 2 atom stereocenters. The van der Waals surface area contributed by atoms with Crippen LogP contribution >= 0.6 is 0 Å². The van der Waals surface area contributed by atoms with Crippen molar-refractivity contribution in [2.75, 3.05) is 20.2 Å². The Hall–Kier alpha value is -1.10. The van der Waals surface area contributed by atoms with E-state index >= 15 is 0 Å². The van der Waals surface area contributed by atoms with Gasteiger partial charge in [0.25, 0.3) is 0 Å². The molecule has 0 spiro atoms. The third-order valence-corrected chi connectivity index (χ3v) is 2.80. The summed E-state index contributed by atoms with van der Waals surface area (Å²) in [5, 5.41) is 2.79. The van der Waals surface area contributed by atoms with Crippen LogP contribution in [0.4, 0.5) is 0 Å². The predicted octanol–water partition coefficient (Wildman–Crippen LogP) is -0.242. The number of carbonyl (C=O) groups excluding carboxylic acids is 2. The van der Waals surface area contributed by atoms with Crippen molar-refractivity contribution in [1.82, 2.24) is 10.2 Å². The van der Waals surface area contributed by atoms with Gasteiger partial charge in [-0.25, -0.2) is 0 Å². The minimum absolute atomic E-state index is 0.0259. The van der Waals surface area contributed by atoms with E-state index in [0.717, 1.165) is 6.54 Å². The molecule has 5 heteroatoms. The molecule has 0 aromatic heterocycles. The summed E-state index contributed by atoms with van der Waals surface area (Å²) in [5.41, 5.74) is 0. The normalized spacial score (nSPS) is 24.5. The van der Waals surface area contributed by atoms with Gasteiger partial charge in [0.05, 0.1) is 19.6 Å². The predicted molar refractivity (Wildman–Crippen MR) is 55.3 cm³/mol. The Labute approximate surface area is 89.8 Å². The lowest BCUT2D eigenvalue weighted by Gasteiger charge is -2.36. The van der Waals surface area contributed by atoms with Crippen LogP contribution < -0.4 is 5.32 Å². The third kappa shape index (κ3) is 2.92. The van der Waals surface area contributed by atoms with Gasteiger partial charge in [-0.1, -0.05) is 0 Å². The second-order valence-electron chi connectivity index (χ2n) is 3.83. The van der Waals surface area contributed by atoms with Gasteiger partial charge in [0, 0.05) is 19.1 Å². The third-order valence-electron chi connectivity index (χ3n) is 2.80. The number of nitrogens with zero attached hydrogens (tertiary/aromatic N) is 1. The molecular weight excluding hydrogens is 196 g/mol. The first-order chi connectivity index (χ1) is 7.06. The molecular formula is C10H18N2O3. The lowest BCUT2D eigenvalue weighted by molar-refractivity contribution is -0.143. The van der Waals surface area contributed by atoms with Crippen molar-refractivity contribution in [3.63, 3.8) is 0 Å². The maximum atomic E-state index is 11.4. The number of rotatable bonds is 3. The smallest absolute Gasteiger partial charge is 0.307 e. The fraction of sp³-hybridized carbons (Fsp3) is 0.800. The molecule has 0 radical (unpaired) electrons. The summed E-state index contributed by atoms with van der Waals surface area (Å²) in [4.78, 5) is 24.5. The molecule has 86 valence electrons. The Morgan fingerprint density at radius 1 is 1.73 bits per heavy atom. The van der Waals surface area contributed by atoms with Gasteiger partial charge in [-0.2, -0.15) is 0 Å². The summed E-state index contributed by atoms with van der Waals surface area (Å²) in [5.74, 6) is -0.210. The molecule has 1 saturated heterocycles. The number of ether oxygens (including phenoxy) is 1. The van der Waals surface area contributed by atoms with Crippen LogP contribution in [0.25, 0.3) is 0 Å². The van der Waals surface area contributed by atoms with Crippen LogP contribution in [0.1, 0.15) is 20.3 Å². The SMILES string of the molecule is COC(=O)CC(C)N1CCNC(=O)C1C. The molecule has 0 saturated carbocycles. The Morgan fingerprint density at radius 2 is 2.40 bits per heavy atom. The molecule has 0 bridgehead atoms. The number of carbonyl (C=O) groups is 2. The van der Waals surface area contributed by atoms with Gasteiger partial charge < -0.3 is 10.1 Å². The molecule has 0 aromatic rings. The van der Waals surface area contributed by atoms with Crippen molar-refractivity contribution in [2.24, 2.45) is 0 Å². The number of nitrogens with one attached hydrogen (secondary N) is 1. The first-order valence-electron chi connectivity index (χ1n) is 5.16. The maximum absolute atomic E-state index is 11.4. The van der Waals surface area contributed by atoms with E-state index in [1.807, 2.05) is 18.7 Å². The van der Waals surface area contributed by atoms with Crippen molar-refractivity contribution in [2.45, 2.75) is 32.4 Å². The zero-order chi connectivity index (χ0) is 11.4. The zero-order valence-electron chi connectivity index (χ0n) is 9.45. The van der Waals surface area contributed by atoms with Crippen LogP contribution in [0.5, 0.6) is 0 Å². The van der Waals surface area contributed by atoms with Crippen molar-refractivity contribution < 1.29 is 14.3 Å². The lowest BCUT2D eigenvalue weighted by atomic mass is 10.1. The molecule has 1 aliphatic rings. The highest BCUT2D eigenvalue weighted by Gasteiger charge is 2.29. The van der Waals surface area contributed by atoms with Crippen molar-refractivity contribution in [3.05, 3.63) is 0 Å². The Bertz CT molecular complexity index is 255. The average Bonchev–Trinajstić information content (AvgIpc) is 2.21. The largest absolute Gasteiger partial charge is 0.469 e. The number of methoxy groups -OCH3 is 1. The van der Waals surface area contributed by atoms with Crippen LogP contribution in [0, 0.1) is 0 Å². The first kappa shape index (κ1) is 12.0. The van der Waals surface area contributed by atoms with Gasteiger partial charge in [0.2, 0.25) is 5.91 Å². The first-order valence-corrected chi connectivity index (χ1v) is 5.16. The minimum atomic E-state index is -0.235. The number of piperazine rings is 1. The molecule has 1 N–H and O–H groups in total. The van der Waals surface area contributed by atoms with Crippen LogP contribution in [0.2, 0.25) is 0 Å². The summed E-state index contributed by atoms with van der Waals surface area (Å²) in [6.45, 7) is 5.22. The van der Waals surface area contributed by atoms with Gasteiger partial charge in [0.15, 0.2) is 0 Å². The second kappa shape index (κ2) is 5.11. The van der Waals surface area contributed by atoms with E-state index in [2.05, 4.69) is 10.1 Å². The van der Waals surface area contributed by atoms with Crippen molar-refractivity contribution >= 4 is 11.9 Å². The Kier molecular flexibility index (Phi) is 4.08. The van der Waals surface area contributed by atoms with E-state index in [1.165, 1.54) is 7.11 Å². The molecule has 2 unspecified atom stereocenters. The highest BCUT2D eigenvalue weighted by molar-refractivity contribution is 5.82. The van der Waals surface area contributed by atoms with Crippen LogP contribution in [-0.2, 0) is 14.3 Å². The van der Waals surface area contributed by atoms with Gasteiger partial charge >= 0.3 is 5.97 Å². The molecule has 0 aliphatic carbocycles. The molecule has 1 rings (SSSR count). The topological polar surface area (TPSA) is 58.6 Å². The van der Waals surface area contributed by atoms with Crippen LogP contribution in [-0.4, -0.2) is 49.1 Å². The van der Waals surface area contributed by atoms with Crippen molar-refractivity contribution in [1.29, 1.82) is 0 Å². The molecule has 1 heterocycles. The highest BCUT2D eigenvalue weighted by atomic mass is 16.5. The molecule has 1 fully saturated rings. The Balaban J connectivity index is 2.54. The van der Waals surface area contributed by atoms with E-state index in [4.69, 9.17) is 0 Å². The minimum Gasteiger partial charge on any atom is -0.469 e. The van der Waals surface area contributed by atoms with E-state index in [0.29, 0.717) is 13.0 Å². The van der Waals surface area contributed by atoms with Gasteiger partial charge in [-0.15, -0.1) is 0 Å². The number of esters is 1. The number of amides is 1. The number of hydrogen-bond acceptors (Lipinski definition) is 4. The second-order valence-corrected chi connectivity index (χ2v) is 3.83. The lowest BCUT2D eigenvalue weighted by Crippen LogP contribution is -2.56. The quantitative estimate of drug-likeness (QED) is 0.659. The molecule has 0 aromatic carbocycles. The van der Waals surface area contributed by atoms with E-state index in [-0.39, 0.29) is 24.0 Å². The van der Waals surface area contributed by atoms with Crippen molar-refractivity contribution in [3.8, 4) is 0 Å². The summed E-state index contributed by atoms with van der Waals surface area (Å²) >= 11 is 0. The monoisotopic (exact) mass is 214 g/mol. The van der Waals surface area contributed by atoms with Gasteiger partial charge in [-0.3, -0.25) is 14.5 Å². The standard InChI is InChI=1S/C10H18N2O3/c1-7(6-9(13)15-3)12-5-4-11-10(14)8(12)2/h7-8H,4-6H2,1-3H3,(H,11,14). The number of hydrogen-bond donors (Lipinski definition) is 1. The van der Waals surface area contributed by atoms with E-state index in [9.17, 15) is 9.59 Å². The Morgan fingerprint density at radius 3 is 3.00 bits per heavy atom.